The zero-order chi connectivity index (χ0) is 39.0. The third kappa shape index (κ3) is 8.99. The van der Waals surface area contributed by atoms with Gasteiger partial charge in [0.1, 0.15) is 5.01 Å². The number of hydrogen-bond donors (Lipinski definition) is 0. The van der Waals surface area contributed by atoms with Gasteiger partial charge in [-0.25, -0.2) is 20.3 Å². The summed E-state index contributed by atoms with van der Waals surface area (Å²) in [5, 5.41) is 30.5. The molecule has 11 nitrogen and oxygen atoms in total. The normalized spacial score (nSPS) is 10.7. The number of tetrazole rings is 1. The summed E-state index contributed by atoms with van der Waals surface area (Å²) in [5.74, 6) is 0.492. The average Bonchev–Trinajstić information content (AvgIpc) is 4.13. The molecule has 0 bridgehead atoms. The molecule has 0 amide bonds. The molecule has 14 heteroatoms. The molecule has 0 unspecified atom stereocenters. The van der Waals surface area contributed by atoms with Crippen LogP contribution in [0.15, 0.2) is 170 Å². The summed E-state index contributed by atoms with van der Waals surface area (Å²) >= 11 is 1.54. The zero-order valence-corrected chi connectivity index (χ0v) is 36.2. The molecule has 0 radical (unpaired) electrons. The Morgan fingerprint density at radius 3 is 1.26 bits per heavy atom. The first-order chi connectivity index (χ1) is 28.0. The predicted octanol–water partition coefficient (Wildman–Crippen LogP) is 8.65. The van der Waals surface area contributed by atoms with Crippen molar-refractivity contribution in [3.05, 3.63) is 187 Å². The molecule has 0 saturated heterocycles. The van der Waals surface area contributed by atoms with Crippen molar-refractivity contribution in [2.45, 2.75) is 20.8 Å². The van der Waals surface area contributed by atoms with E-state index in [2.05, 4.69) is 115 Å². The van der Waals surface area contributed by atoms with Crippen LogP contribution < -0.4 is 5.10 Å². The van der Waals surface area contributed by atoms with Gasteiger partial charge in [-0.2, -0.15) is 5.21 Å². The summed E-state index contributed by atoms with van der Waals surface area (Å²) in [6.45, 7) is 6.31. The van der Waals surface area contributed by atoms with E-state index in [1.165, 1.54) is 11.3 Å². The van der Waals surface area contributed by atoms with Crippen molar-refractivity contribution in [3.8, 4) is 44.6 Å². The minimum absolute atomic E-state index is 0. The minimum atomic E-state index is -1.55. The number of thiazole rings is 1. The van der Waals surface area contributed by atoms with Crippen LogP contribution in [0.3, 0.4) is 0 Å². The maximum atomic E-state index is 5.11. The van der Waals surface area contributed by atoms with Crippen LogP contribution in [-0.4, -0.2) is 56.7 Å². The number of rotatable bonds is 7. The average molecular weight is 829 g/mol. The molecular weight excluding hydrogens is 791 g/mol. The number of benzene rings is 5. The first-order valence-corrected chi connectivity index (χ1v) is 19.4. The second kappa shape index (κ2) is 18.5. The van der Waals surface area contributed by atoms with Crippen molar-refractivity contribution in [3.63, 3.8) is 0 Å². The molecule has 5 heterocycles. The van der Waals surface area contributed by atoms with Crippen molar-refractivity contribution in [2.75, 3.05) is 0 Å². The molecule has 0 spiro atoms. The Bertz CT molecular complexity index is 2530. The third-order valence-electron chi connectivity index (χ3n) is 9.43. The van der Waals surface area contributed by atoms with Crippen molar-refractivity contribution < 1.29 is 19.5 Å². The quantitative estimate of drug-likeness (QED) is 0.147. The number of para-hydroxylation sites is 1. The van der Waals surface area contributed by atoms with Gasteiger partial charge in [-0.15, -0.1) is 11.3 Å². The van der Waals surface area contributed by atoms with Gasteiger partial charge in [0.15, 0.2) is 0 Å². The molecule has 10 aromatic rings. The van der Waals surface area contributed by atoms with Crippen molar-refractivity contribution in [1.82, 2.24) is 54.7 Å². The predicted molar refractivity (Wildman–Crippen MR) is 229 cm³/mol. The van der Waals surface area contributed by atoms with E-state index in [0.717, 1.165) is 66.1 Å². The van der Waals surface area contributed by atoms with Gasteiger partial charge in [0, 0.05) is 16.7 Å². The van der Waals surface area contributed by atoms with Gasteiger partial charge in [-0.05, 0) is 68.2 Å². The molecule has 0 aliphatic rings. The summed E-state index contributed by atoms with van der Waals surface area (Å²) in [4.78, 5) is 4.37. The van der Waals surface area contributed by atoms with Crippen molar-refractivity contribution >= 4 is 28.7 Å². The molecule has 0 aliphatic carbocycles. The first kappa shape index (κ1) is 39.6. The largest absolute Gasteiger partial charge is 2.00 e. The van der Waals surface area contributed by atoms with Gasteiger partial charge >= 0.3 is 26.6 Å². The Labute approximate surface area is 353 Å². The third-order valence-corrected chi connectivity index (χ3v) is 10.5. The second-order valence-electron chi connectivity index (χ2n) is 13.4. The van der Waals surface area contributed by atoms with E-state index < -0.39 is 7.12 Å². The fraction of sp³-hybridized carbons (Fsp3) is 0.0682. The van der Waals surface area contributed by atoms with E-state index in [9.17, 15) is 0 Å². The maximum Gasteiger partial charge on any atom is 2.00 e. The summed E-state index contributed by atoms with van der Waals surface area (Å²) < 4.78 is 7.43. The number of aryl methyl sites for hydroxylation is 3. The van der Waals surface area contributed by atoms with Gasteiger partial charge < -0.3 is 18.9 Å². The van der Waals surface area contributed by atoms with Crippen LogP contribution in [0.4, 0.5) is 0 Å². The Morgan fingerprint density at radius 1 is 0.500 bits per heavy atom. The monoisotopic (exact) mass is 827 g/mol. The fourth-order valence-electron chi connectivity index (χ4n) is 6.60. The smallest absolute Gasteiger partial charge is 0.400 e. The van der Waals surface area contributed by atoms with E-state index in [4.69, 9.17) is 15.3 Å². The van der Waals surface area contributed by atoms with E-state index in [1.54, 1.807) is 0 Å². The molecule has 5 aromatic carbocycles. The van der Waals surface area contributed by atoms with E-state index in [-0.39, 0.29) is 19.5 Å². The summed E-state index contributed by atoms with van der Waals surface area (Å²) in [5.41, 5.74) is 10.2. The molecule has 0 fully saturated rings. The van der Waals surface area contributed by atoms with Gasteiger partial charge in [-0.3, -0.25) is 10.3 Å². The minimum Gasteiger partial charge on any atom is -0.400 e. The molecule has 5 aromatic heterocycles. The van der Waals surface area contributed by atoms with Gasteiger partial charge in [-0.1, -0.05) is 140 Å². The summed E-state index contributed by atoms with van der Waals surface area (Å²) in [6.07, 6.45) is 0. The Balaban J connectivity index is 0.000000198. The van der Waals surface area contributed by atoms with Crippen LogP contribution in [0.5, 0.6) is 0 Å². The number of fused-ring (bicyclic) bond motifs is 1. The maximum absolute atomic E-state index is 5.11. The molecular formula is C44H38BN11SZn. The number of hydrogen-bond acceptors (Lipinski definition) is 8. The second-order valence-corrected chi connectivity index (χ2v) is 14.4. The molecule has 10 rings (SSSR count). The summed E-state index contributed by atoms with van der Waals surface area (Å²) in [7, 11) is -1.55. The summed E-state index contributed by atoms with van der Waals surface area (Å²) in [6, 6.07) is 57.2. The first-order valence-electron chi connectivity index (χ1n) is 18.6. The SMILES string of the molecule is Cc1cc(-c2ccccc2)nn1[BH-](n1nc(-c2ccccc2)cc1C)n1nc(-c2ccccc2)cc1C.[Zn+2].c1ccc2sc(-c3nnn[n-]3)nc2c1.c1ccccc1. The number of nitrogens with zero attached hydrogens (tertiary/aromatic N) is 11. The van der Waals surface area contributed by atoms with Crippen molar-refractivity contribution in [1.29, 1.82) is 0 Å². The van der Waals surface area contributed by atoms with Gasteiger partial charge in [0.05, 0.1) is 33.1 Å². The van der Waals surface area contributed by atoms with Crippen LogP contribution in [0, 0.1) is 20.8 Å². The van der Waals surface area contributed by atoms with Crippen LogP contribution in [0.25, 0.3) is 54.8 Å². The fourth-order valence-corrected chi connectivity index (χ4v) is 7.49. The molecule has 0 atom stereocenters. The van der Waals surface area contributed by atoms with E-state index >= 15 is 0 Å². The van der Waals surface area contributed by atoms with Gasteiger partial charge in [0.25, 0.3) is 0 Å². The molecule has 0 saturated carbocycles. The molecule has 58 heavy (non-hydrogen) atoms. The van der Waals surface area contributed by atoms with Crippen LogP contribution in [-0.2, 0) is 19.5 Å². The van der Waals surface area contributed by atoms with E-state index in [1.807, 2.05) is 115 Å². The number of aromatic nitrogens is 11. The van der Waals surface area contributed by atoms with Crippen molar-refractivity contribution in [2.24, 2.45) is 0 Å². The van der Waals surface area contributed by atoms with Crippen LogP contribution in [0.2, 0.25) is 0 Å². The topological polar surface area (TPSA) is 119 Å². The molecule has 280 valence electrons. The van der Waals surface area contributed by atoms with Crippen LogP contribution in [0.1, 0.15) is 17.1 Å². The Kier molecular flexibility index (Phi) is 12.7. The molecule has 0 N–H and O–H groups in total. The Morgan fingerprint density at radius 2 is 0.879 bits per heavy atom. The standard InChI is InChI=1S/C30H28BN6.C8H4N5S.C6H6.Zn/c1-22-19-28(25-13-7-4-8-14-25)32-35(22)31(36-23(2)20-29(33-36)26-15-9-5-10-16-26)37-24(3)21-30(34-37)27-17-11-6-12-18-27;1-2-4-6-5(3-1)9-8(14-6)7-10-12-13-11-7;1-2-4-6-5-3-1;/h4-21,31H,1-3H3;1-4H;1-6H;/q2*-1;;+2. The van der Waals surface area contributed by atoms with Crippen LogP contribution >= 0.6 is 11.3 Å². The zero-order valence-electron chi connectivity index (χ0n) is 32.4. The Hall–Kier alpha value is -6.62. The van der Waals surface area contributed by atoms with Gasteiger partial charge in [0.2, 0.25) is 0 Å². The van der Waals surface area contributed by atoms with E-state index in [0.29, 0.717) is 5.82 Å². The molecule has 0 aliphatic heterocycles.